The second-order valence-electron chi connectivity index (χ2n) is 17.3. The molecule has 0 unspecified atom stereocenters. The molecule has 0 N–H and O–H groups in total. The van der Waals surface area contributed by atoms with Crippen molar-refractivity contribution in [1.29, 1.82) is 0 Å². The maximum atomic E-state index is 5.45. The summed E-state index contributed by atoms with van der Waals surface area (Å²) in [6.45, 7) is 0. The molecule has 0 bridgehead atoms. The van der Waals surface area contributed by atoms with Crippen LogP contribution in [0.1, 0.15) is 0 Å². The SMILES string of the molecule is c1ccc(-c2cccc(-c3cc(-c4cccc(-c5ccccc5)c4)nc(-c4cc(-c5ccccc5)cc(-n5c6ccccc6c6cc(-n7c8ccccc8c8ccccc87)ccc65)c4)n3)c2)cc#1. The smallest absolute Gasteiger partial charge is 0.160 e. The summed E-state index contributed by atoms with van der Waals surface area (Å²) in [6.07, 6.45) is 0. The van der Waals surface area contributed by atoms with Gasteiger partial charge in [-0.05, 0) is 124 Å². The third-order valence-electron chi connectivity index (χ3n) is 13.2. The van der Waals surface area contributed by atoms with E-state index in [2.05, 4.69) is 252 Å². The van der Waals surface area contributed by atoms with E-state index in [4.69, 9.17) is 9.97 Å². The molecule has 4 heteroatoms. The number of hydrogen-bond acceptors (Lipinski definition) is 2. The Bertz CT molecular complexity index is 3860. The molecule has 68 heavy (non-hydrogen) atoms. The second kappa shape index (κ2) is 16.3. The highest BCUT2D eigenvalue weighted by atomic mass is 15.0. The lowest BCUT2D eigenvalue weighted by Gasteiger charge is -2.15. The van der Waals surface area contributed by atoms with Crippen molar-refractivity contribution in [2.45, 2.75) is 0 Å². The monoisotopic (exact) mass is 864 g/mol. The molecular formula is C64H40N4. The van der Waals surface area contributed by atoms with E-state index >= 15 is 0 Å². The van der Waals surface area contributed by atoms with E-state index in [9.17, 15) is 0 Å². The average Bonchev–Trinajstić information content (AvgIpc) is 3.94. The van der Waals surface area contributed by atoms with Gasteiger partial charge in [0.2, 0.25) is 0 Å². The highest BCUT2D eigenvalue weighted by molar-refractivity contribution is 6.12. The highest BCUT2D eigenvalue weighted by Crippen LogP contribution is 2.40. The van der Waals surface area contributed by atoms with Gasteiger partial charge < -0.3 is 9.13 Å². The molecule has 10 aromatic carbocycles. The van der Waals surface area contributed by atoms with Gasteiger partial charge in [-0.25, -0.2) is 9.97 Å². The van der Waals surface area contributed by atoms with Crippen LogP contribution in [0.25, 0.3) is 122 Å². The molecule has 4 nitrogen and oxygen atoms in total. The number of para-hydroxylation sites is 3. The van der Waals surface area contributed by atoms with Crippen LogP contribution in [0.5, 0.6) is 0 Å². The Morgan fingerprint density at radius 3 is 1.35 bits per heavy atom. The number of fused-ring (bicyclic) bond motifs is 6. The van der Waals surface area contributed by atoms with Gasteiger partial charge in [-0.1, -0.05) is 164 Å². The van der Waals surface area contributed by atoms with E-state index in [-0.39, 0.29) is 0 Å². The predicted molar refractivity (Wildman–Crippen MR) is 281 cm³/mol. The Morgan fingerprint density at radius 1 is 0.279 bits per heavy atom. The van der Waals surface area contributed by atoms with Crippen molar-refractivity contribution in [1.82, 2.24) is 19.1 Å². The highest BCUT2D eigenvalue weighted by Gasteiger charge is 2.19. The van der Waals surface area contributed by atoms with Gasteiger partial charge in [-0.2, -0.15) is 0 Å². The minimum Gasteiger partial charge on any atom is -0.309 e. The number of aromatic nitrogens is 4. The molecule has 0 aliphatic rings. The Labute approximate surface area is 394 Å². The molecule has 0 spiro atoms. The number of benzene rings is 9. The van der Waals surface area contributed by atoms with Crippen molar-refractivity contribution in [2.75, 3.05) is 0 Å². The van der Waals surface area contributed by atoms with Gasteiger partial charge in [0, 0.05) is 49.6 Å². The van der Waals surface area contributed by atoms with Crippen LogP contribution in [0.2, 0.25) is 0 Å². The molecule has 0 radical (unpaired) electrons. The number of rotatable bonds is 8. The topological polar surface area (TPSA) is 35.6 Å². The Morgan fingerprint density at radius 2 is 0.750 bits per heavy atom. The average molecular weight is 865 g/mol. The maximum absolute atomic E-state index is 5.45. The summed E-state index contributed by atoms with van der Waals surface area (Å²) >= 11 is 0. The molecule has 3 heterocycles. The lowest BCUT2D eigenvalue weighted by molar-refractivity contribution is 1.15. The Balaban J connectivity index is 1.03. The van der Waals surface area contributed by atoms with Crippen LogP contribution in [-0.2, 0) is 0 Å². The fraction of sp³-hybridized carbons (Fsp3) is 0. The first-order chi connectivity index (χ1) is 33.7. The maximum Gasteiger partial charge on any atom is 0.160 e. The minimum absolute atomic E-state index is 0.643. The van der Waals surface area contributed by atoms with Crippen molar-refractivity contribution in [3.05, 3.63) is 255 Å². The van der Waals surface area contributed by atoms with Crippen molar-refractivity contribution in [3.8, 4) is 78.7 Å². The van der Waals surface area contributed by atoms with E-state index in [0.29, 0.717) is 5.82 Å². The quantitative estimate of drug-likeness (QED) is 0.153. The molecule has 0 saturated carbocycles. The molecule has 316 valence electrons. The fourth-order valence-corrected chi connectivity index (χ4v) is 9.99. The van der Waals surface area contributed by atoms with E-state index in [1.54, 1.807) is 0 Å². The van der Waals surface area contributed by atoms with Crippen LogP contribution < -0.4 is 0 Å². The van der Waals surface area contributed by atoms with Crippen LogP contribution in [0.15, 0.2) is 243 Å². The van der Waals surface area contributed by atoms with Crippen LogP contribution in [0.4, 0.5) is 0 Å². The molecule has 0 aliphatic carbocycles. The van der Waals surface area contributed by atoms with Crippen molar-refractivity contribution in [3.63, 3.8) is 0 Å². The first kappa shape index (κ1) is 39.1. The lowest BCUT2D eigenvalue weighted by atomic mass is 9.98. The molecular weight excluding hydrogens is 825 g/mol. The van der Waals surface area contributed by atoms with Gasteiger partial charge in [-0.15, -0.1) is 0 Å². The summed E-state index contributed by atoms with van der Waals surface area (Å²) < 4.78 is 4.80. The molecule has 0 fully saturated rings. The first-order valence-corrected chi connectivity index (χ1v) is 23.0. The van der Waals surface area contributed by atoms with Crippen LogP contribution in [-0.4, -0.2) is 19.1 Å². The van der Waals surface area contributed by atoms with Gasteiger partial charge in [0.15, 0.2) is 5.82 Å². The van der Waals surface area contributed by atoms with Gasteiger partial charge in [0.25, 0.3) is 0 Å². The number of nitrogens with zero attached hydrogens (tertiary/aromatic N) is 4. The summed E-state index contributed by atoms with van der Waals surface area (Å²) in [6, 6.07) is 92.4. The minimum atomic E-state index is 0.643. The number of hydrogen-bond donors (Lipinski definition) is 0. The summed E-state index contributed by atoms with van der Waals surface area (Å²) in [4.78, 5) is 10.9. The van der Waals surface area contributed by atoms with Gasteiger partial charge >= 0.3 is 0 Å². The zero-order chi connectivity index (χ0) is 45.0. The zero-order valence-corrected chi connectivity index (χ0v) is 36.9. The van der Waals surface area contributed by atoms with Gasteiger partial charge in [0.1, 0.15) is 0 Å². The van der Waals surface area contributed by atoms with Gasteiger partial charge in [0.05, 0.1) is 33.5 Å². The molecule has 13 rings (SSSR count). The zero-order valence-electron chi connectivity index (χ0n) is 36.9. The normalized spacial score (nSPS) is 11.4. The molecule has 0 saturated heterocycles. The summed E-state index contributed by atoms with van der Waals surface area (Å²) in [5.41, 5.74) is 18.0. The molecule has 13 aromatic rings. The molecule has 3 aromatic heterocycles. The van der Waals surface area contributed by atoms with Crippen molar-refractivity contribution in [2.24, 2.45) is 0 Å². The van der Waals surface area contributed by atoms with E-state index in [1.807, 2.05) is 12.1 Å². The lowest BCUT2D eigenvalue weighted by Crippen LogP contribution is -2.00. The van der Waals surface area contributed by atoms with Crippen LogP contribution in [0.3, 0.4) is 0 Å². The van der Waals surface area contributed by atoms with Crippen molar-refractivity contribution < 1.29 is 0 Å². The summed E-state index contributed by atoms with van der Waals surface area (Å²) in [7, 11) is 0. The third-order valence-corrected chi connectivity index (χ3v) is 13.2. The van der Waals surface area contributed by atoms with Crippen LogP contribution in [0, 0.1) is 12.1 Å². The van der Waals surface area contributed by atoms with E-state index in [0.717, 1.165) is 83.9 Å². The van der Waals surface area contributed by atoms with Crippen molar-refractivity contribution >= 4 is 43.6 Å². The molecule has 0 aliphatic heterocycles. The largest absolute Gasteiger partial charge is 0.309 e. The molecule has 0 amide bonds. The Kier molecular flexibility index (Phi) is 9.37. The standard InChI is InChI=1S/C64H40N4/c1-4-18-43(19-5-1)46-24-16-26-48(36-46)58-42-59(49-27-17-25-47(37-49)44-20-6-2-7-21-44)66-64(65-58)51-38-50(45-22-8-3-9-23-45)39-53(40-51)68-62-33-15-12-30-56(62)57-41-52(34-35-63(57)68)67-60-31-13-10-28-54(60)55-29-11-14-32-61(55)67/h1,3-6,8-42H. The van der Waals surface area contributed by atoms with Gasteiger partial charge in [-0.3, -0.25) is 0 Å². The predicted octanol–water partition coefficient (Wildman–Crippen LogP) is 16.3. The van der Waals surface area contributed by atoms with E-state index < -0.39 is 0 Å². The first-order valence-electron chi connectivity index (χ1n) is 23.0. The van der Waals surface area contributed by atoms with Crippen LogP contribution >= 0.6 is 0 Å². The third kappa shape index (κ3) is 6.81. The fourth-order valence-electron chi connectivity index (χ4n) is 9.99. The Hall–Kier alpha value is -9.30. The summed E-state index contributed by atoms with van der Waals surface area (Å²) in [5, 5.41) is 4.86. The second-order valence-corrected chi connectivity index (χ2v) is 17.3. The molecule has 0 atom stereocenters. The van der Waals surface area contributed by atoms with E-state index in [1.165, 1.54) is 32.6 Å². The summed E-state index contributed by atoms with van der Waals surface area (Å²) in [5.74, 6) is 0.643.